The maximum atomic E-state index is 5.40. The van der Waals surface area contributed by atoms with Crippen molar-refractivity contribution in [2.24, 2.45) is 0 Å². The zero-order chi connectivity index (χ0) is 9.97. The van der Waals surface area contributed by atoms with E-state index in [1.807, 2.05) is 0 Å². The van der Waals surface area contributed by atoms with Gasteiger partial charge in [0.2, 0.25) is 0 Å². The van der Waals surface area contributed by atoms with Crippen molar-refractivity contribution in [3.05, 3.63) is 12.0 Å². The smallest absolute Gasteiger partial charge is 0.292 e. The fourth-order valence-corrected chi connectivity index (χ4v) is 1.62. The van der Waals surface area contributed by atoms with Gasteiger partial charge in [-0.2, -0.15) is 0 Å². The minimum absolute atomic E-state index is 0.258. The number of nitrogen functional groups attached to an aromatic ring is 1. The molecule has 14 heavy (non-hydrogen) atoms. The highest BCUT2D eigenvalue weighted by Gasteiger charge is 2.15. The molecule has 0 atom stereocenters. The molecule has 1 saturated heterocycles. The van der Waals surface area contributed by atoms with E-state index in [-0.39, 0.29) is 6.01 Å². The Morgan fingerprint density at radius 3 is 2.71 bits per heavy atom. The highest BCUT2D eigenvalue weighted by molar-refractivity contribution is 5.10. The number of piperazine rings is 1. The third kappa shape index (κ3) is 2.24. The molecule has 78 valence electrons. The van der Waals surface area contributed by atoms with Crippen molar-refractivity contribution in [1.29, 1.82) is 0 Å². The highest BCUT2D eigenvalue weighted by Crippen LogP contribution is 2.09. The SMILES string of the molecule is CN1CCN(Cc2cnc(N)o2)CC1. The Morgan fingerprint density at radius 1 is 1.43 bits per heavy atom. The molecule has 1 aliphatic rings. The van der Waals surface area contributed by atoms with Gasteiger partial charge in [-0.1, -0.05) is 0 Å². The maximum absolute atomic E-state index is 5.40. The first kappa shape index (κ1) is 9.48. The van der Waals surface area contributed by atoms with E-state index in [0.717, 1.165) is 38.5 Å². The molecule has 0 unspecified atom stereocenters. The third-order valence-electron chi connectivity index (χ3n) is 2.55. The number of likely N-dealkylation sites (N-methyl/N-ethyl adjacent to an activating group) is 1. The van der Waals surface area contributed by atoms with Crippen molar-refractivity contribution in [1.82, 2.24) is 14.8 Å². The summed E-state index contributed by atoms with van der Waals surface area (Å²) in [4.78, 5) is 8.54. The molecule has 0 bridgehead atoms. The molecule has 0 saturated carbocycles. The van der Waals surface area contributed by atoms with E-state index >= 15 is 0 Å². The first-order valence-corrected chi connectivity index (χ1v) is 4.85. The topological polar surface area (TPSA) is 58.5 Å². The number of oxazole rings is 1. The largest absolute Gasteiger partial charge is 0.428 e. The van der Waals surface area contributed by atoms with E-state index in [9.17, 15) is 0 Å². The highest BCUT2D eigenvalue weighted by atomic mass is 16.4. The average Bonchev–Trinajstić information content (AvgIpc) is 2.56. The average molecular weight is 196 g/mol. The van der Waals surface area contributed by atoms with Gasteiger partial charge >= 0.3 is 0 Å². The van der Waals surface area contributed by atoms with Crippen LogP contribution in [-0.4, -0.2) is 48.0 Å². The van der Waals surface area contributed by atoms with Crippen LogP contribution in [0.2, 0.25) is 0 Å². The van der Waals surface area contributed by atoms with Gasteiger partial charge in [0.1, 0.15) is 5.76 Å². The fourth-order valence-electron chi connectivity index (χ4n) is 1.62. The predicted octanol–water partition coefficient (Wildman–Crippen LogP) is 0.00420. The normalized spacial score (nSPS) is 20.1. The van der Waals surface area contributed by atoms with Crippen LogP contribution in [0.25, 0.3) is 0 Å². The van der Waals surface area contributed by atoms with E-state index in [0.29, 0.717) is 0 Å². The summed E-state index contributed by atoms with van der Waals surface area (Å²) < 4.78 is 5.22. The van der Waals surface area contributed by atoms with Crippen LogP contribution < -0.4 is 5.73 Å². The summed E-state index contributed by atoms with van der Waals surface area (Å²) in [7, 11) is 2.14. The Balaban J connectivity index is 1.86. The summed E-state index contributed by atoms with van der Waals surface area (Å²) in [5.74, 6) is 0.854. The minimum Gasteiger partial charge on any atom is -0.428 e. The van der Waals surface area contributed by atoms with Crippen molar-refractivity contribution in [2.75, 3.05) is 39.0 Å². The summed E-state index contributed by atoms with van der Waals surface area (Å²) in [5.41, 5.74) is 5.40. The third-order valence-corrected chi connectivity index (χ3v) is 2.55. The molecule has 0 amide bonds. The molecule has 2 N–H and O–H groups in total. The van der Waals surface area contributed by atoms with Crippen LogP contribution in [0.5, 0.6) is 0 Å². The number of nitrogens with zero attached hydrogens (tertiary/aromatic N) is 3. The molecule has 5 nitrogen and oxygen atoms in total. The molecule has 0 aliphatic carbocycles. The van der Waals surface area contributed by atoms with Crippen LogP contribution >= 0.6 is 0 Å². The van der Waals surface area contributed by atoms with Gasteiger partial charge in [0, 0.05) is 26.2 Å². The summed E-state index contributed by atoms with van der Waals surface area (Å²) in [5, 5.41) is 0. The van der Waals surface area contributed by atoms with E-state index in [1.165, 1.54) is 0 Å². The molecule has 0 spiro atoms. The lowest BCUT2D eigenvalue weighted by atomic mass is 10.3. The van der Waals surface area contributed by atoms with Gasteiger partial charge in [0.15, 0.2) is 0 Å². The summed E-state index contributed by atoms with van der Waals surface area (Å²) in [6, 6.07) is 0.258. The molecule has 1 aliphatic heterocycles. The maximum Gasteiger partial charge on any atom is 0.292 e. The second kappa shape index (κ2) is 3.98. The quantitative estimate of drug-likeness (QED) is 0.721. The predicted molar refractivity (Wildman–Crippen MR) is 53.7 cm³/mol. The van der Waals surface area contributed by atoms with Crippen molar-refractivity contribution >= 4 is 6.01 Å². The number of hydrogen-bond acceptors (Lipinski definition) is 5. The summed E-state index contributed by atoms with van der Waals surface area (Å²) in [6.45, 7) is 5.21. The second-order valence-corrected chi connectivity index (χ2v) is 3.74. The lowest BCUT2D eigenvalue weighted by molar-refractivity contribution is 0.140. The van der Waals surface area contributed by atoms with Gasteiger partial charge in [-0.25, -0.2) is 4.98 Å². The Kier molecular flexibility index (Phi) is 2.69. The van der Waals surface area contributed by atoms with Crippen LogP contribution in [0.3, 0.4) is 0 Å². The Hall–Kier alpha value is -1.07. The first-order valence-electron chi connectivity index (χ1n) is 4.85. The number of rotatable bonds is 2. The molecular weight excluding hydrogens is 180 g/mol. The number of nitrogens with two attached hydrogens (primary N) is 1. The van der Waals surface area contributed by atoms with Crippen molar-refractivity contribution < 1.29 is 4.42 Å². The van der Waals surface area contributed by atoms with Gasteiger partial charge in [-0.15, -0.1) is 0 Å². The standard InChI is InChI=1S/C9H16N4O/c1-12-2-4-13(5-3-12)7-8-6-11-9(10)14-8/h6H,2-5,7H2,1H3,(H2,10,11). The molecule has 5 heteroatoms. The van der Waals surface area contributed by atoms with Gasteiger partial charge in [-0.05, 0) is 7.05 Å². The van der Waals surface area contributed by atoms with Crippen LogP contribution in [0.4, 0.5) is 6.01 Å². The molecule has 1 aromatic heterocycles. The van der Waals surface area contributed by atoms with Crippen LogP contribution in [0.15, 0.2) is 10.6 Å². The van der Waals surface area contributed by atoms with Gasteiger partial charge in [-0.3, -0.25) is 4.90 Å². The zero-order valence-electron chi connectivity index (χ0n) is 8.44. The molecular formula is C9H16N4O. The van der Waals surface area contributed by atoms with Crippen LogP contribution in [0.1, 0.15) is 5.76 Å². The molecule has 0 radical (unpaired) electrons. The van der Waals surface area contributed by atoms with Crippen molar-refractivity contribution in [3.8, 4) is 0 Å². The van der Waals surface area contributed by atoms with Crippen molar-refractivity contribution in [2.45, 2.75) is 6.54 Å². The summed E-state index contributed by atoms with van der Waals surface area (Å²) in [6.07, 6.45) is 1.70. The number of hydrogen-bond donors (Lipinski definition) is 1. The molecule has 1 fully saturated rings. The van der Waals surface area contributed by atoms with Crippen molar-refractivity contribution in [3.63, 3.8) is 0 Å². The van der Waals surface area contributed by atoms with Gasteiger partial charge in [0.25, 0.3) is 6.01 Å². The van der Waals surface area contributed by atoms with E-state index in [4.69, 9.17) is 10.2 Å². The van der Waals surface area contributed by atoms with E-state index in [1.54, 1.807) is 6.20 Å². The first-order chi connectivity index (χ1) is 6.74. The number of aromatic nitrogens is 1. The lowest BCUT2D eigenvalue weighted by Gasteiger charge is -2.31. The second-order valence-electron chi connectivity index (χ2n) is 3.74. The zero-order valence-corrected chi connectivity index (χ0v) is 8.44. The Bertz CT molecular complexity index is 291. The molecule has 2 heterocycles. The molecule has 0 aromatic carbocycles. The Labute approximate surface area is 83.5 Å². The van der Waals surface area contributed by atoms with E-state index in [2.05, 4.69) is 21.8 Å². The van der Waals surface area contributed by atoms with Crippen LogP contribution in [-0.2, 0) is 6.54 Å². The molecule has 2 rings (SSSR count). The summed E-state index contributed by atoms with van der Waals surface area (Å²) >= 11 is 0. The minimum atomic E-state index is 0.258. The van der Waals surface area contributed by atoms with E-state index < -0.39 is 0 Å². The molecule has 1 aromatic rings. The number of anilines is 1. The van der Waals surface area contributed by atoms with Gasteiger partial charge in [0.05, 0.1) is 12.7 Å². The van der Waals surface area contributed by atoms with Gasteiger partial charge < -0.3 is 15.1 Å². The monoisotopic (exact) mass is 196 g/mol. The lowest BCUT2D eigenvalue weighted by Crippen LogP contribution is -2.43. The van der Waals surface area contributed by atoms with Crippen LogP contribution in [0, 0.1) is 0 Å². The Morgan fingerprint density at radius 2 is 2.14 bits per heavy atom. The fraction of sp³-hybridized carbons (Fsp3) is 0.667.